The van der Waals surface area contributed by atoms with Crippen molar-refractivity contribution in [2.45, 2.75) is 6.42 Å². The standard InChI is InChI=1S/C24H20N2OSe/c27-24(22-12-6-7-14-25-22)26-15-13-20-16-18-8-4-5-9-19(18)17-23(20)28-21-10-2-1-3-11-21/h1-12,14,16-17H,13,15H2,(H,26,27). The zero-order chi connectivity index (χ0) is 19.2. The van der Waals surface area contributed by atoms with E-state index >= 15 is 0 Å². The molecule has 4 heteroatoms. The molecule has 0 fully saturated rings. The minimum atomic E-state index is -0.128. The van der Waals surface area contributed by atoms with Crippen LogP contribution in [0.4, 0.5) is 0 Å². The molecule has 1 amide bonds. The number of aromatic nitrogens is 1. The zero-order valence-corrected chi connectivity index (χ0v) is 17.1. The number of pyridine rings is 1. The maximum absolute atomic E-state index is 12.3. The second-order valence-corrected chi connectivity index (χ2v) is 8.78. The van der Waals surface area contributed by atoms with E-state index in [4.69, 9.17) is 0 Å². The van der Waals surface area contributed by atoms with E-state index in [1.807, 2.05) is 18.2 Å². The van der Waals surface area contributed by atoms with E-state index in [0.717, 1.165) is 6.42 Å². The first-order chi connectivity index (χ1) is 13.8. The summed E-state index contributed by atoms with van der Waals surface area (Å²) >= 11 is 0.228. The van der Waals surface area contributed by atoms with Crippen molar-refractivity contribution in [2.24, 2.45) is 0 Å². The van der Waals surface area contributed by atoms with Crippen molar-refractivity contribution in [2.75, 3.05) is 6.54 Å². The molecule has 0 saturated carbocycles. The third-order valence-corrected chi connectivity index (χ3v) is 6.80. The predicted octanol–water partition coefficient (Wildman–Crippen LogP) is 2.86. The van der Waals surface area contributed by atoms with E-state index in [1.54, 1.807) is 12.3 Å². The van der Waals surface area contributed by atoms with Gasteiger partial charge in [0.25, 0.3) is 0 Å². The van der Waals surface area contributed by atoms with Gasteiger partial charge in [0.1, 0.15) is 0 Å². The quantitative estimate of drug-likeness (QED) is 0.477. The summed E-state index contributed by atoms with van der Waals surface area (Å²) in [6, 6.07) is 29.0. The van der Waals surface area contributed by atoms with Gasteiger partial charge in [-0.2, -0.15) is 0 Å². The predicted molar refractivity (Wildman–Crippen MR) is 116 cm³/mol. The molecule has 3 nitrogen and oxygen atoms in total. The van der Waals surface area contributed by atoms with E-state index < -0.39 is 0 Å². The van der Waals surface area contributed by atoms with Gasteiger partial charge in [0.05, 0.1) is 0 Å². The number of carbonyl (C=O) groups is 1. The SMILES string of the molecule is O=C(NCCc1cc2ccccc2cc1[Se]c1ccccc1)c1ccccn1. The van der Waals surface area contributed by atoms with Gasteiger partial charge in [-0.1, -0.05) is 0 Å². The monoisotopic (exact) mass is 432 g/mol. The van der Waals surface area contributed by atoms with Crippen molar-refractivity contribution < 1.29 is 4.79 Å². The summed E-state index contributed by atoms with van der Waals surface area (Å²) in [5.41, 5.74) is 1.75. The van der Waals surface area contributed by atoms with E-state index in [2.05, 4.69) is 71.0 Å². The number of amides is 1. The van der Waals surface area contributed by atoms with Gasteiger partial charge < -0.3 is 0 Å². The molecule has 0 aliphatic rings. The molecule has 4 aromatic rings. The molecule has 3 aromatic carbocycles. The van der Waals surface area contributed by atoms with Gasteiger partial charge in [-0.25, -0.2) is 0 Å². The Bertz CT molecular complexity index is 1080. The first-order valence-corrected chi connectivity index (χ1v) is 10.9. The molecular formula is C24H20N2OSe. The molecule has 138 valence electrons. The molecule has 0 radical (unpaired) electrons. The topological polar surface area (TPSA) is 42.0 Å². The van der Waals surface area contributed by atoms with Crippen LogP contribution in [0.15, 0.2) is 91.1 Å². The molecule has 0 atom stereocenters. The number of nitrogens with one attached hydrogen (secondary N) is 1. The summed E-state index contributed by atoms with van der Waals surface area (Å²) in [4.78, 5) is 16.4. The fourth-order valence-corrected chi connectivity index (χ4v) is 5.22. The Morgan fingerprint density at radius 2 is 1.57 bits per heavy atom. The first kappa shape index (κ1) is 18.4. The molecule has 0 unspecified atom stereocenters. The van der Waals surface area contributed by atoms with E-state index in [9.17, 15) is 4.79 Å². The fraction of sp³-hybridized carbons (Fsp3) is 0.0833. The van der Waals surface area contributed by atoms with Crippen LogP contribution in [0.25, 0.3) is 10.8 Å². The Hall–Kier alpha value is -2.94. The van der Waals surface area contributed by atoms with Gasteiger partial charge in [0.2, 0.25) is 0 Å². The van der Waals surface area contributed by atoms with Crippen LogP contribution in [0.3, 0.4) is 0 Å². The number of hydrogen-bond acceptors (Lipinski definition) is 2. The second-order valence-electron chi connectivity index (χ2n) is 6.44. The average molecular weight is 431 g/mol. The van der Waals surface area contributed by atoms with Crippen LogP contribution in [0.2, 0.25) is 0 Å². The van der Waals surface area contributed by atoms with Crippen LogP contribution < -0.4 is 14.2 Å². The Kier molecular flexibility index (Phi) is 5.81. The van der Waals surface area contributed by atoms with E-state index in [-0.39, 0.29) is 20.9 Å². The number of carbonyl (C=O) groups excluding carboxylic acids is 1. The van der Waals surface area contributed by atoms with Gasteiger partial charge >= 0.3 is 171 Å². The molecule has 0 spiro atoms. The third-order valence-electron chi connectivity index (χ3n) is 4.48. The van der Waals surface area contributed by atoms with Crippen molar-refractivity contribution >= 4 is 40.6 Å². The number of hydrogen-bond donors (Lipinski definition) is 1. The molecule has 0 aliphatic carbocycles. The van der Waals surface area contributed by atoms with Crippen molar-refractivity contribution in [3.05, 3.63) is 102 Å². The second kappa shape index (κ2) is 8.83. The Balaban J connectivity index is 1.54. The molecule has 1 heterocycles. The summed E-state index contributed by atoms with van der Waals surface area (Å²) < 4.78 is 2.72. The van der Waals surface area contributed by atoms with Crippen molar-refractivity contribution in [3.63, 3.8) is 0 Å². The van der Waals surface area contributed by atoms with Crippen LogP contribution in [-0.2, 0) is 6.42 Å². The Morgan fingerprint density at radius 1 is 0.857 bits per heavy atom. The molecular weight excluding hydrogens is 411 g/mol. The number of fused-ring (bicyclic) bond motifs is 1. The zero-order valence-electron chi connectivity index (χ0n) is 15.3. The molecule has 1 aromatic heterocycles. The number of rotatable bonds is 6. The van der Waals surface area contributed by atoms with Crippen molar-refractivity contribution in [1.29, 1.82) is 0 Å². The van der Waals surface area contributed by atoms with Crippen LogP contribution in [0.5, 0.6) is 0 Å². The average Bonchev–Trinajstić information content (AvgIpc) is 2.75. The van der Waals surface area contributed by atoms with Gasteiger partial charge in [-0.05, 0) is 0 Å². The number of nitrogens with zero attached hydrogens (tertiary/aromatic N) is 1. The summed E-state index contributed by atoms with van der Waals surface area (Å²) in [6.07, 6.45) is 2.44. The summed E-state index contributed by atoms with van der Waals surface area (Å²) in [6.45, 7) is 0.589. The maximum atomic E-state index is 12.3. The minimum absolute atomic E-state index is 0.128. The van der Waals surface area contributed by atoms with Gasteiger partial charge in [0.15, 0.2) is 0 Å². The first-order valence-electron chi connectivity index (χ1n) is 9.23. The molecule has 0 bridgehead atoms. The number of benzene rings is 3. The van der Waals surface area contributed by atoms with Gasteiger partial charge in [0, 0.05) is 0 Å². The van der Waals surface area contributed by atoms with Crippen molar-refractivity contribution in [1.82, 2.24) is 10.3 Å². The van der Waals surface area contributed by atoms with Gasteiger partial charge in [-0.3, -0.25) is 0 Å². The molecule has 0 saturated heterocycles. The molecule has 0 aliphatic heterocycles. The summed E-state index contributed by atoms with van der Waals surface area (Å²) in [5.74, 6) is -0.128. The molecule has 1 N–H and O–H groups in total. The third kappa shape index (κ3) is 4.48. The van der Waals surface area contributed by atoms with Crippen LogP contribution in [-0.4, -0.2) is 32.4 Å². The Morgan fingerprint density at radius 3 is 2.32 bits per heavy atom. The van der Waals surface area contributed by atoms with Crippen molar-refractivity contribution in [3.8, 4) is 0 Å². The van der Waals surface area contributed by atoms with Crippen LogP contribution in [0, 0.1) is 0 Å². The Labute approximate surface area is 171 Å². The van der Waals surface area contributed by atoms with Crippen LogP contribution >= 0.6 is 0 Å². The summed E-state index contributed by atoms with van der Waals surface area (Å²) in [7, 11) is 0. The van der Waals surface area contributed by atoms with E-state index in [0.29, 0.717) is 12.2 Å². The normalized spacial score (nSPS) is 10.7. The van der Waals surface area contributed by atoms with Gasteiger partial charge in [-0.15, -0.1) is 0 Å². The fourth-order valence-electron chi connectivity index (χ4n) is 3.07. The van der Waals surface area contributed by atoms with Crippen LogP contribution in [0.1, 0.15) is 16.1 Å². The molecule has 28 heavy (non-hydrogen) atoms. The summed E-state index contributed by atoms with van der Waals surface area (Å²) in [5, 5.41) is 5.49. The van der Waals surface area contributed by atoms with E-state index in [1.165, 1.54) is 25.3 Å². The molecule has 4 rings (SSSR count).